The average Bonchev–Trinajstić information content (AvgIpc) is 2.92. The summed E-state index contributed by atoms with van der Waals surface area (Å²) in [6.07, 6.45) is 1.51. The molecule has 0 bridgehead atoms. The minimum absolute atomic E-state index is 0.0000788. The van der Waals surface area contributed by atoms with Crippen molar-refractivity contribution in [3.8, 4) is 5.75 Å². The molecule has 2 aromatic rings. The van der Waals surface area contributed by atoms with Crippen LogP contribution in [0.15, 0.2) is 48.5 Å². The highest BCUT2D eigenvalue weighted by Crippen LogP contribution is 2.31. The van der Waals surface area contributed by atoms with E-state index in [0.29, 0.717) is 19.4 Å². The molecule has 0 aliphatic carbocycles. The van der Waals surface area contributed by atoms with Gasteiger partial charge in [0.1, 0.15) is 17.8 Å². The Morgan fingerprint density at radius 2 is 1.76 bits per heavy atom. The number of benzene rings is 2. The number of nitrogens with one attached hydrogen (secondary N) is 2. The smallest absolute Gasteiger partial charge is 0.247 e. The van der Waals surface area contributed by atoms with Crippen LogP contribution >= 0.6 is 0 Å². The van der Waals surface area contributed by atoms with Crippen LogP contribution < -0.4 is 22.1 Å². The Labute approximate surface area is 241 Å². The van der Waals surface area contributed by atoms with E-state index in [4.69, 9.17) is 11.5 Å². The summed E-state index contributed by atoms with van der Waals surface area (Å²) in [5, 5.41) is 15.9. The fraction of sp³-hybridized carbons (Fsp3) is 0.484. The molecule has 0 aromatic heterocycles. The standard InChI is InChI=1S/C31H43N5O5/c1-31(2,3)22-17-21(12-13-26(22)37)19-24-28(39)34-16-14-27(38)36(25(29(40)35-24)11-7-8-15-32)30(41)23(33)18-20-9-5-4-6-10-20/h4-6,9-10,12-13,17,23-25,37H,7-8,11,14-16,18-19,32-33H2,1-3H3,(H,34,39)(H,35,40)/t23-,24-,25-/m0/s1. The Morgan fingerprint density at radius 3 is 2.41 bits per heavy atom. The van der Waals surface area contributed by atoms with Gasteiger partial charge in [0.2, 0.25) is 23.6 Å². The molecule has 0 radical (unpaired) electrons. The molecule has 1 heterocycles. The third-order valence-electron chi connectivity index (χ3n) is 7.25. The Bertz CT molecular complexity index is 1230. The van der Waals surface area contributed by atoms with Crippen LogP contribution in [0.2, 0.25) is 0 Å². The lowest BCUT2D eigenvalue weighted by Crippen LogP contribution is -2.61. The predicted molar refractivity (Wildman–Crippen MR) is 157 cm³/mol. The largest absolute Gasteiger partial charge is 0.508 e. The summed E-state index contributed by atoms with van der Waals surface area (Å²) < 4.78 is 0. The number of carbonyl (C=O) groups is 4. The van der Waals surface area contributed by atoms with Crippen LogP contribution in [-0.4, -0.2) is 64.9 Å². The summed E-state index contributed by atoms with van der Waals surface area (Å²) in [6, 6.07) is 11.2. The highest BCUT2D eigenvalue weighted by atomic mass is 16.3. The second kappa shape index (κ2) is 14.2. The van der Waals surface area contributed by atoms with Gasteiger partial charge >= 0.3 is 0 Å². The lowest BCUT2D eigenvalue weighted by Gasteiger charge is -2.33. The Morgan fingerprint density at radius 1 is 1.05 bits per heavy atom. The molecule has 1 aliphatic rings. The number of amides is 4. The van der Waals surface area contributed by atoms with Gasteiger partial charge in [-0.05, 0) is 60.4 Å². The lowest BCUT2D eigenvalue weighted by atomic mass is 9.84. The van der Waals surface area contributed by atoms with Crippen molar-refractivity contribution >= 4 is 23.6 Å². The van der Waals surface area contributed by atoms with Crippen LogP contribution in [0, 0.1) is 0 Å². The van der Waals surface area contributed by atoms with E-state index in [1.165, 1.54) is 0 Å². The van der Waals surface area contributed by atoms with Gasteiger partial charge in [0, 0.05) is 19.4 Å². The monoisotopic (exact) mass is 565 g/mol. The summed E-state index contributed by atoms with van der Waals surface area (Å²) in [7, 11) is 0. The fourth-order valence-electron chi connectivity index (χ4n) is 5.00. The van der Waals surface area contributed by atoms with Crippen LogP contribution in [-0.2, 0) is 37.4 Å². The first-order valence-corrected chi connectivity index (χ1v) is 14.2. The first-order chi connectivity index (χ1) is 19.4. The third-order valence-corrected chi connectivity index (χ3v) is 7.25. The number of nitrogens with zero attached hydrogens (tertiary/aromatic N) is 1. The van der Waals surface area contributed by atoms with E-state index in [-0.39, 0.29) is 43.4 Å². The maximum atomic E-state index is 13.7. The molecule has 3 rings (SSSR count). The van der Waals surface area contributed by atoms with Crippen LogP contribution in [0.25, 0.3) is 0 Å². The molecule has 1 aliphatic heterocycles. The van der Waals surface area contributed by atoms with Gasteiger partial charge in [0.25, 0.3) is 0 Å². The van der Waals surface area contributed by atoms with Crippen molar-refractivity contribution in [2.24, 2.45) is 11.5 Å². The zero-order valence-corrected chi connectivity index (χ0v) is 24.2. The number of aromatic hydroxyl groups is 1. The maximum Gasteiger partial charge on any atom is 0.247 e. The minimum atomic E-state index is -1.14. The van der Waals surface area contributed by atoms with Gasteiger partial charge in [-0.25, -0.2) is 0 Å². The number of hydrogen-bond donors (Lipinski definition) is 5. The number of phenolic OH excluding ortho intramolecular Hbond substituents is 1. The number of imide groups is 1. The molecular formula is C31H43N5O5. The second-order valence-electron chi connectivity index (χ2n) is 11.6. The molecule has 0 unspecified atom stereocenters. The van der Waals surface area contributed by atoms with E-state index in [9.17, 15) is 24.3 Å². The van der Waals surface area contributed by atoms with E-state index in [2.05, 4.69) is 10.6 Å². The van der Waals surface area contributed by atoms with Crippen molar-refractivity contribution in [2.45, 2.75) is 82.8 Å². The molecule has 10 nitrogen and oxygen atoms in total. The predicted octanol–water partition coefficient (Wildman–Crippen LogP) is 1.66. The second-order valence-corrected chi connectivity index (χ2v) is 11.6. The van der Waals surface area contributed by atoms with E-state index < -0.39 is 41.8 Å². The zero-order valence-electron chi connectivity index (χ0n) is 24.2. The van der Waals surface area contributed by atoms with Crippen molar-refractivity contribution in [3.63, 3.8) is 0 Å². The molecule has 7 N–H and O–H groups in total. The molecule has 0 spiro atoms. The first kappa shape index (κ1) is 31.8. The average molecular weight is 566 g/mol. The van der Waals surface area contributed by atoms with Gasteiger partial charge in [-0.3, -0.25) is 24.1 Å². The summed E-state index contributed by atoms with van der Waals surface area (Å²) in [5.41, 5.74) is 13.9. The summed E-state index contributed by atoms with van der Waals surface area (Å²) in [4.78, 5) is 54.8. The van der Waals surface area contributed by atoms with Crippen LogP contribution in [0.5, 0.6) is 5.75 Å². The summed E-state index contributed by atoms with van der Waals surface area (Å²) in [5.74, 6) is -2.09. The lowest BCUT2D eigenvalue weighted by molar-refractivity contribution is -0.153. The molecule has 3 atom stereocenters. The Kier molecular flexibility index (Phi) is 11.0. The van der Waals surface area contributed by atoms with Crippen molar-refractivity contribution < 1.29 is 24.3 Å². The topological polar surface area (TPSA) is 168 Å². The van der Waals surface area contributed by atoms with Crippen LogP contribution in [0.4, 0.5) is 0 Å². The summed E-state index contributed by atoms with van der Waals surface area (Å²) >= 11 is 0. The SMILES string of the molecule is CC(C)(C)c1cc(C[C@@H]2NC(=O)[C@H](CCCCN)N(C(=O)[C@@H](N)Cc3ccccc3)C(=O)CCNC2=O)ccc1O. The quantitative estimate of drug-likeness (QED) is 0.288. The Hall–Kier alpha value is -3.76. The van der Waals surface area contributed by atoms with Gasteiger partial charge in [-0.1, -0.05) is 63.2 Å². The van der Waals surface area contributed by atoms with Crippen molar-refractivity contribution in [1.29, 1.82) is 0 Å². The Balaban J connectivity index is 1.91. The molecule has 4 amide bonds. The number of hydrogen-bond acceptors (Lipinski definition) is 7. The minimum Gasteiger partial charge on any atom is -0.508 e. The number of carbonyl (C=O) groups excluding carboxylic acids is 4. The fourth-order valence-corrected chi connectivity index (χ4v) is 5.00. The number of phenols is 1. The van der Waals surface area contributed by atoms with E-state index in [1.807, 2.05) is 57.2 Å². The number of unbranched alkanes of at least 4 members (excludes halogenated alkanes) is 1. The number of nitrogens with two attached hydrogens (primary N) is 2. The third kappa shape index (κ3) is 8.61. The first-order valence-electron chi connectivity index (χ1n) is 14.2. The van der Waals surface area contributed by atoms with E-state index in [1.54, 1.807) is 12.1 Å². The van der Waals surface area contributed by atoms with E-state index in [0.717, 1.165) is 21.6 Å². The molecule has 10 heteroatoms. The normalized spacial score (nSPS) is 19.3. The summed E-state index contributed by atoms with van der Waals surface area (Å²) in [6.45, 7) is 6.31. The van der Waals surface area contributed by atoms with Gasteiger partial charge in [-0.2, -0.15) is 0 Å². The highest BCUT2D eigenvalue weighted by molar-refractivity contribution is 6.03. The van der Waals surface area contributed by atoms with Gasteiger partial charge < -0.3 is 27.2 Å². The molecule has 1 fully saturated rings. The maximum absolute atomic E-state index is 13.7. The van der Waals surface area contributed by atoms with Gasteiger partial charge in [0.15, 0.2) is 0 Å². The van der Waals surface area contributed by atoms with Crippen molar-refractivity contribution in [1.82, 2.24) is 15.5 Å². The van der Waals surface area contributed by atoms with Crippen molar-refractivity contribution in [2.75, 3.05) is 13.1 Å². The molecule has 1 saturated heterocycles. The molecule has 0 saturated carbocycles. The molecular weight excluding hydrogens is 522 g/mol. The molecule has 222 valence electrons. The van der Waals surface area contributed by atoms with Gasteiger partial charge in [-0.15, -0.1) is 0 Å². The molecule has 2 aromatic carbocycles. The zero-order chi connectivity index (χ0) is 30.2. The van der Waals surface area contributed by atoms with Crippen LogP contribution in [0.1, 0.15) is 63.1 Å². The number of rotatable bonds is 9. The van der Waals surface area contributed by atoms with Gasteiger partial charge in [0.05, 0.1) is 6.04 Å². The van der Waals surface area contributed by atoms with E-state index >= 15 is 0 Å². The van der Waals surface area contributed by atoms with Crippen molar-refractivity contribution in [3.05, 3.63) is 65.2 Å². The molecule has 41 heavy (non-hydrogen) atoms. The van der Waals surface area contributed by atoms with Crippen LogP contribution in [0.3, 0.4) is 0 Å². The highest BCUT2D eigenvalue weighted by Gasteiger charge is 2.39.